The van der Waals surface area contributed by atoms with Crippen LogP contribution in [-0.4, -0.2) is 55.2 Å². The van der Waals surface area contributed by atoms with Crippen molar-refractivity contribution in [3.8, 4) is 0 Å². The summed E-state index contributed by atoms with van der Waals surface area (Å²) in [5.41, 5.74) is 2.16. The number of rotatable bonds is 4. The summed E-state index contributed by atoms with van der Waals surface area (Å²) in [7, 11) is 1.80. The van der Waals surface area contributed by atoms with Crippen molar-refractivity contribution in [2.24, 2.45) is 4.99 Å². The van der Waals surface area contributed by atoms with E-state index in [0.29, 0.717) is 13.1 Å². The third-order valence-corrected chi connectivity index (χ3v) is 5.70. The summed E-state index contributed by atoms with van der Waals surface area (Å²) in [6, 6.07) is 10.8. The second-order valence-electron chi connectivity index (χ2n) is 8.01. The number of halogens is 1. The molecule has 0 spiro atoms. The van der Waals surface area contributed by atoms with E-state index in [-0.39, 0.29) is 18.0 Å². The van der Waals surface area contributed by atoms with E-state index in [4.69, 9.17) is 4.74 Å². The lowest BCUT2D eigenvalue weighted by molar-refractivity contribution is -0.0605. The van der Waals surface area contributed by atoms with Crippen molar-refractivity contribution < 1.29 is 9.13 Å². The van der Waals surface area contributed by atoms with Crippen LogP contribution < -0.4 is 10.2 Å². The van der Waals surface area contributed by atoms with E-state index < -0.39 is 0 Å². The Labute approximate surface area is 177 Å². The van der Waals surface area contributed by atoms with Gasteiger partial charge in [-0.05, 0) is 55.2 Å². The highest BCUT2D eigenvalue weighted by molar-refractivity contribution is 5.80. The molecule has 1 aromatic carbocycles. The molecule has 0 saturated carbocycles. The second kappa shape index (κ2) is 9.43. The normalized spacial score (nSPS) is 22.4. The third-order valence-electron chi connectivity index (χ3n) is 5.70. The molecule has 0 bridgehead atoms. The van der Waals surface area contributed by atoms with E-state index in [0.717, 1.165) is 37.0 Å². The van der Waals surface area contributed by atoms with Gasteiger partial charge in [-0.25, -0.2) is 9.37 Å². The summed E-state index contributed by atoms with van der Waals surface area (Å²) in [6.45, 7) is 6.34. The number of benzene rings is 1. The highest BCUT2D eigenvalue weighted by Crippen LogP contribution is 2.25. The summed E-state index contributed by atoms with van der Waals surface area (Å²) in [6.07, 6.45) is 4.29. The molecule has 7 heteroatoms. The first-order valence-electron chi connectivity index (χ1n) is 10.7. The molecule has 2 atom stereocenters. The van der Waals surface area contributed by atoms with E-state index in [9.17, 15) is 4.39 Å². The van der Waals surface area contributed by atoms with Gasteiger partial charge in [0.25, 0.3) is 0 Å². The molecule has 4 rings (SSSR count). The lowest BCUT2D eigenvalue weighted by Gasteiger charge is -2.38. The fourth-order valence-electron chi connectivity index (χ4n) is 4.19. The van der Waals surface area contributed by atoms with Gasteiger partial charge in [0.1, 0.15) is 17.7 Å². The third kappa shape index (κ3) is 4.90. The molecule has 160 valence electrons. The van der Waals surface area contributed by atoms with Crippen molar-refractivity contribution in [1.29, 1.82) is 0 Å². The number of anilines is 1. The number of morpholine rings is 1. The molecule has 2 aromatic rings. The van der Waals surface area contributed by atoms with Crippen LogP contribution in [0.2, 0.25) is 0 Å². The van der Waals surface area contributed by atoms with Crippen LogP contribution >= 0.6 is 0 Å². The summed E-state index contributed by atoms with van der Waals surface area (Å²) < 4.78 is 19.4. The van der Waals surface area contributed by atoms with Crippen molar-refractivity contribution in [2.45, 2.75) is 38.5 Å². The first-order chi connectivity index (χ1) is 14.6. The Kier molecular flexibility index (Phi) is 6.47. The van der Waals surface area contributed by atoms with Crippen LogP contribution in [-0.2, 0) is 11.3 Å². The fourth-order valence-corrected chi connectivity index (χ4v) is 4.19. The number of aliphatic imine (C=N–C) groups is 1. The van der Waals surface area contributed by atoms with E-state index in [2.05, 4.69) is 38.1 Å². The minimum absolute atomic E-state index is 0.0510. The van der Waals surface area contributed by atoms with Crippen LogP contribution in [0, 0.1) is 5.82 Å². The maximum Gasteiger partial charge on any atom is 0.194 e. The standard InChI is InChI=1S/C23H30FN5O/c1-17-15-29(16-21(30-17)19-5-7-20(24)8-6-19)23(25-2)27-14-18-9-10-26-22(13-18)28-11-3-4-12-28/h5-10,13,17,21H,3-4,11-12,14-16H2,1-2H3,(H,25,27). The summed E-state index contributed by atoms with van der Waals surface area (Å²) in [4.78, 5) is 13.6. The number of pyridine rings is 1. The SMILES string of the molecule is CN=C(NCc1ccnc(N2CCCC2)c1)N1CC(C)OC(c2ccc(F)cc2)C1. The first kappa shape index (κ1) is 20.6. The van der Waals surface area contributed by atoms with Crippen molar-refractivity contribution in [3.05, 3.63) is 59.5 Å². The second-order valence-corrected chi connectivity index (χ2v) is 8.01. The molecule has 6 nitrogen and oxygen atoms in total. The Balaban J connectivity index is 1.41. The average Bonchev–Trinajstić information content (AvgIpc) is 3.30. The molecule has 30 heavy (non-hydrogen) atoms. The van der Waals surface area contributed by atoms with Gasteiger partial charge in [0.05, 0.1) is 12.6 Å². The van der Waals surface area contributed by atoms with Gasteiger partial charge in [-0.2, -0.15) is 0 Å². The van der Waals surface area contributed by atoms with Gasteiger partial charge >= 0.3 is 0 Å². The monoisotopic (exact) mass is 411 g/mol. The molecule has 2 fully saturated rings. The Hall–Kier alpha value is -2.67. The minimum Gasteiger partial charge on any atom is -0.367 e. The molecule has 0 radical (unpaired) electrons. The van der Waals surface area contributed by atoms with Crippen LogP contribution in [0.5, 0.6) is 0 Å². The molecular weight excluding hydrogens is 381 g/mol. The van der Waals surface area contributed by atoms with Crippen molar-refractivity contribution >= 4 is 11.8 Å². The quantitative estimate of drug-likeness (QED) is 0.618. The molecule has 1 aromatic heterocycles. The van der Waals surface area contributed by atoms with Crippen LogP contribution in [0.3, 0.4) is 0 Å². The molecule has 2 unspecified atom stereocenters. The number of hydrogen-bond acceptors (Lipinski definition) is 4. The zero-order valence-corrected chi connectivity index (χ0v) is 17.7. The van der Waals surface area contributed by atoms with Gasteiger partial charge in [-0.1, -0.05) is 12.1 Å². The molecule has 1 N–H and O–H groups in total. The molecule has 0 amide bonds. The zero-order chi connectivity index (χ0) is 20.9. The summed E-state index contributed by atoms with van der Waals surface area (Å²) in [5.74, 6) is 1.66. The predicted molar refractivity (Wildman–Crippen MR) is 117 cm³/mol. The summed E-state index contributed by atoms with van der Waals surface area (Å²) in [5, 5.41) is 3.49. The highest BCUT2D eigenvalue weighted by atomic mass is 19.1. The van der Waals surface area contributed by atoms with E-state index in [1.54, 1.807) is 19.2 Å². The lowest BCUT2D eigenvalue weighted by atomic mass is 10.1. The Morgan fingerprint density at radius 2 is 1.97 bits per heavy atom. The molecule has 3 heterocycles. The minimum atomic E-state index is -0.234. The van der Waals surface area contributed by atoms with Gasteiger partial charge < -0.3 is 19.9 Å². The van der Waals surface area contributed by atoms with Crippen LogP contribution in [0.15, 0.2) is 47.6 Å². The van der Waals surface area contributed by atoms with E-state index in [1.165, 1.54) is 30.5 Å². The molecule has 2 aliphatic rings. The van der Waals surface area contributed by atoms with Crippen LogP contribution in [0.1, 0.15) is 37.0 Å². The molecule has 2 saturated heterocycles. The number of hydrogen-bond donors (Lipinski definition) is 1. The van der Waals surface area contributed by atoms with Crippen molar-refractivity contribution in [2.75, 3.05) is 38.1 Å². The first-order valence-corrected chi connectivity index (χ1v) is 10.7. The van der Waals surface area contributed by atoms with Gasteiger partial charge in [0.15, 0.2) is 5.96 Å². The smallest absolute Gasteiger partial charge is 0.194 e. The van der Waals surface area contributed by atoms with Gasteiger partial charge in [-0.15, -0.1) is 0 Å². The topological polar surface area (TPSA) is 53.0 Å². The van der Waals surface area contributed by atoms with Crippen molar-refractivity contribution in [3.63, 3.8) is 0 Å². The van der Waals surface area contributed by atoms with Gasteiger partial charge in [0, 0.05) is 39.4 Å². The maximum atomic E-state index is 13.3. The fraction of sp³-hybridized carbons (Fsp3) is 0.478. The van der Waals surface area contributed by atoms with Gasteiger partial charge in [-0.3, -0.25) is 4.99 Å². The number of ether oxygens (including phenoxy) is 1. The largest absolute Gasteiger partial charge is 0.367 e. The Morgan fingerprint density at radius 1 is 1.20 bits per heavy atom. The number of guanidine groups is 1. The Morgan fingerprint density at radius 3 is 2.70 bits per heavy atom. The van der Waals surface area contributed by atoms with Crippen molar-refractivity contribution in [1.82, 2.24) is 15.2 Å². The number of aromatic nitrogens is 1. The van der Waals surface area contributed by atoms with Crippen LogP contribution in [0.4, 0.5) is 10.2 Å². The molecule has 2 aliphatic heterocycles. The molecular formula is C23H30FN5O. The number of nitrogens with zero attached hydrogens (tertiary/aromatic N) is 4. The van der Waals surface area contributed by atoms with E-state index >= 15 is 0 Å². The lowest BCUT2D eigenvalue weighted by Crippen LogP contribution is -2.50. The maximum absolute atomic E-state index is 13.3. The Bertz CT molecular complexity index is 866. The zero-order valence-electron chi connectivity index (χ0n) is 17.7. The van der Waals surface area contributed by atoms with Crippen LogP contribution in [0.25, 0.3) is 0 Å². The molecule has 0 aliphatic carbocycles. The average molecular weight is 412 g/mol. The highest BCUT2D eigenvalue weighted by Gasteiger charge is 2.28. The summed E-state index contributed by atoms with van der Waals surface area (Å²) >= 11 is 0. The number of nitrogens with one attached hydrogen (secondary N) is 1. The van der Waals surface area contributed by atoms with E-state index in [1.807, 2.05) is 12.3 Å². The van der Waals surface area contributed by atoms with Gasteiger partial charge in [0.2, 0.25) is 0 Å². The predicted octanol–water partition coefficient (Wildman–Crippen LogP) is 3.36.